The third kappa shape index (κ3) is 4.38. The Hall–Kier alpha value is -1.81. The van der Waals surface area contributed by atoms with Crippen LogP contribution in [0.2, 0.25) is 0 Å². The average molecular weight is 273 g/mol. The van der Waals surface area contributed by atoms with E-state index in [-0.39, 0.29) is 0 Å². The van der Waals surface area contributed by atoms with Gasteiger partial charge in [-0.05, 0) is 37.1 Å². The molecule has 2 rings (SSSR count). The quantitative estimate of drug-likeness (QED) is 0.840. The number of ether oxygens (including phenoxy) is 1. The summed E-state index contributed by atoms with van der Waals surface area (Å²) in [6.07, 6.45) is 3.97. The van der Waals surface area contributed by atoms with Crippen LogP contribution in [0, 0.1) is 0 Å². The van der Waals surface area contributed by atoms with Gasteiger partial charge in [0.25, 0.3) is 0 Å². The van der Waals surface area contributed by atoms with Gasteiger partial charge in [0.2, 0.25) is 0 Å². The highest BCUT2D eigenvalue weighted by atomic mass is 16.5. The van der Waals surface area contributed by atoms with Crippen molar-refractivity contribution in [2.75, 3.05) is 13.7 Å². The number of nitrogens with zero attached hydrogens (tertiary/aromatic N) is 2. The first-order chi connectivity index (χ1) is 9.67. The van der Waals surface area contributed by atoms with Crippen molar-refractivity contribution in [2.45, 2.75) is 25.8 Å². The summed E-state index contributed by atoms with van der Waals surface area (Å²) >= 11 is 0. The van der Waals surface area contributed by atoms with Crippen LogP contribution >= 0.6 is 0 Å². The Bertz CT molecular complexity index is 519. The first kappa shape index (κ1) is 14.6. The maximum absolute atomic E-state index is 5.17. The number of benzene rings is 1. The molecule has 0 saturated carbocycles. The zero-order valence-corrected chi connectivity index (χ0v) is 12.5. The first-order valence-corrected chi connectivity index (χ1v) is 7.02. The smallest absolute Gasteiger partial charge is 0.118 e. The maximum Gasteiger partial charge on any atom is 0.118 e. The lowest BCUT2D eigenvalue weighted by Gasteiger charge is -2.13. The lowest BCUT2D eigenvalue weighted by Crippen LogP contribution is -2.30. The SMILES string of the molecule is COc1ccc(CC(C)NCCc2ccn(C)n2)cc1. The Labute approximate surface area is 120 Å². The normalized spacial score (nSPS) is 12.3. The van der Waals surface area contributed by atoms with E-state index in [9.17, 15) is 0 Å². The highest BCUT2D eigenvalue weighted by molar-refractivity contribution is 5.27. The predicted molar refractivity (Wildman–Crippen MR) is 81.1 cm³/mol. The fraction of sp³-hybridized carbons (Fsp3) is 0.438. The molecule has 1 unspecified atom stereocenters. The average Bonchev–Trinajstić information content (AvgIpc) is 2.85. The molecule has 1 aromatic carbocycles. The van der Waals surface area contributed by atoms with Gasteiger partial charge in [-0.3, -0.25) is 4.68 Å². The zero-order valence-electron chi connectivity index (χ0n) is 12.5. The molecule has 0 saturated heterocycles. The summed E-state index contributed by atoms with van der Waals surface area (Å²) in [6, 6.07) is 10.8. The summed E-state index contributed by atoms with van der Waals surface area (Å²) in [7, 11) is 3.64. The molecule has 0 spiro atoms. The molecule has 0 aliphatic heterocycles. The molecule has 20 heavy (non-hydrogen) atoms. The lowest BCUT2D eigenvalue weighted by atomic mass is 10.1. The number of rotatable bonds is 7. The molecule has 1 heterocycles. The Morgan fingerprint density at radius 2 is 2.00 bits per heavy atom. The van der Waals surface area contributed by atoms with E-state index in [4.69, 9.17) is 4.74 Å². The molecule has 0 aliphatic carbocycles. The van der Waals surface area contributed by atoms with Gasteiger partial charge < -0.3 is 10.1 Å². The number of aromatic nitrogens is 2. The van der Waals surface area contributed by atoms with Gasteiger partial charge >= 0.3 is 0 Å². The fourth-order valence-corrected chi connectivity index (χ4v) is 2.23. The van der Waals surface area contributed by atoms with Crippen LogP contribution in [0.1, 0.15) is 18.2 Å². The minimum absolute atomic E-state index is 0.451. The summed E-state index contributed by atoms with van der Waals surface area (Å²) in [6.45, 7) is 3.16. The summed E-state index contributed by atoms with van der Waals surface area (Å²) in [5.41, 5.74) is 2.46. The second kappa shape index (κ2) is 7.10. The highest BCUT2D eigenvalue weighted by Gasteiger charge is 2.04. The minimum atomic E-state index is 0.451. The largest absolute Gasteiger partial charge is 0.497 e. The molecule has 2 aromatic rings. The van der Waals surface area contributed by atoms with Gasteiger partial charge in [0.15, 0.2) is 0 Å². The van der Waals surface area contributed by atoms with Crippen LogP contribution < -0.4 is 10.1 Å². The van der Waals surface area contributed by atoms with Crippen molar-refractivity contribution in [1.29, 1.82) is 0 Å². The van der Waals surface area contributed by atoms with E-state index in [1.54, 1.807) is 7.11 Å². The molecular formula is C16H23N3O. The Morgan fingerprint density at radius 1 is 1.25 bits per heavy atom. The summed E-state index contributed by atoms with van der Waals surface area (Å²) in [5.74, 6) is 0.907. The molecule has 1 aromatic heterocycles. The molecule has 0 radical (unpaired) electrons. The predicted octanol–water partition coefficient (Wildman–Crippen LogP) is 2.19. The molecular weight excluding hydrogens is 250 g/mol. The van der Waals surface area contributed by atoms with E-state index in [0.29, 0.717) is 6.04 Å². The van der Waals surface area contributed by atoms with Crippen LogP contribution in [0.15, 0.2) is 36.5 Å². The first-order valence-electron chi connectivity index (χ1n) is 7.02. The van der Waals surface area contributed by atoms with Crippen LogP contribution in [0.5, 0.6) is 5.75 Å². The van der Waals surface area contributed by atoms with E-state index < -0.39 is 0 Å². The molecule has 0 amide bonds. The van der Waals surface area contributed by atoms with Crippen LogP contribution in [-0.4, -0.2) is 29.5 Å². The molecule has 4 heteroatoms. The molecule has 108 valence electrons. The number of hydrogen-bond donors (Lipinski definition) is 1. The number of hydrogen-bond acceptors (Lipinski definition) is 3. The lowest BCUT2D eigenvalue weighted by molar-refractivity contribution is 0.414. The van der Waals surface area contributed by atoms with Crippen molar-refractivity contribution in [1.82, 2.24) is 15.1 Å². The second-order valence-corrected chi connectivity index (χ2v) is 5.14. The Kier molecular flexibility index (Phi) is 5.18. The Balaban J connectivity index is 1.72. The standard InChI is InChI=1S/C16H23N3O/c1-13(12-14-4-6-16(20-3)7-5-14)17-10-8-15-9-11-19(2)18-15/h4-7,9,11,13,17H,8,10,12H2,1-3H3. The highest BCUT2D eigenvalue weighted by Crippen LogP contribution is 2.12. The van der Waals surface area contributed by atoms with E-state index >= 15 is 0 Å². The summed E-state index contributed by atoms with van der Waals surface area (Å²) in [5, 5.41) is 7.91. The molecule has 1 atom stereocenters. The molecule has 0 aliphatic rings. The number of nitrogens with one attached hydrogen (secondary N) is 1. The topological polar surface area (TPSA) is 39.1 Å². The fourth-order valence-electron chi connectivity index (χ4n) is 2.23. The van der Waals surface area contributed by atoms with Crippen LogP contribution in [-0.2, 0) is 19.9 Å². The monoisotopic (exact) mass is 273 g/mol. The van der Waals surface area contributed by atoms with Crippen LogP contribution in [0.4, 0.5) is 0 Å². The molecule has 1 N–H and O–H groups in total. The van der Waals surface area contributed by atoms with Gasteiger partial charge in [-0.25, -0.2) is 0 Å². The summed E-state index contributed by atoms with van der Waals surface area (Å²) in [4.78, 5) is 0. The van der Waals surface area contributed by atoms with Gasteiger partial charge in [-0.15, -0.1) is 0 Å². The van der Waals surface area contributed by atoms with E-state index in [2.05, 4.69) is 35.5 Å². The van der Waals surface area contributed by atoms with Crippen LogP contribution in [0.25, 0.3) is 0 Å². The van der Waals surface area contributed by atoms with Gasteiger partial charge in [0, 0.05) is 32.3 Å². The third-order valence-electron chi connectivity index (χ3n) is 3.34. The van der Waals surface area contributed by atoms with Crippen molar-refractivity contribution in [3.05, 3.63) is 47.8 Å². The van der Waals surface area contributed by atoms with Crippen molar-refractivity contribution < 1.29 is 4.74 Å². The third-order valence-corrected chi connectivity index (χ3v) is 3.34. The van der Waals surface area contributed by atoms with Crippen molar-refractivity contribution in [2.24, 2.45) is 7.05 Å². The van der Waals surface area contributed by atoms with Gasteiger partial charge in [-0.2, -0.15) is 5.10 Å². The van der Waals surface area contributed by atoms with E-state index in [1.807, 2.05) is 30.1 Å². The molecule has 0 fully saturated rings. The summed E-state index contributed by atoms with van der Waals surface area (Å²) < 4.78 is 7.01. The van der Waals surface area contributed by atoms with Crippen molar-refractivity contribution in [3.8, 4) is 5.75 Å². The molecule has 4 nitrogen and oxygen atoms in total. The van der Waals surface area contributed by atoms with Crippen molar-refractivity contribution in [3.63, 3.8) is 0 Å². The number of methoxy groups -OCH3 is 1. The number of aryl methyl sites for hydroxylation is 1. The zero-order chi connectivity index (χ0) is 14.4. The van der Waals surface area contributed by atoms with E-state index in [0.717, 1.165) is 30.8 Å². The van der Waals surface area contributed by atoms with E-state index in [1.165, 1.54) is 5.56 Å². The molecule has 0 bridgehead atoms. The minimum Gasteiger partial charge on any atom is -0.497 e. The Morgan fingerprint density at radius 3 is 2.60 bits per heavy atom. The second-order valence-electron chi connectivity index (χ2n) is 5.14. The maximum atomic E-state index is 5.17. The van der Waals surface area contributed by atoms with Gasteiger partial charge in [0.05, 0.1) is 12.8 Å². The van der Waals surface area contributed by atoms with Gasteiger partial charge in [0.1, 0.15) is 5.75 Å². The van der Waals surface area contributed by atoms with Crippen molar-refractivity contribution >= 4 is 0 Å². The van der Waals surface area contributed by atoms with Gasteiger partial charge in [-0.1, -0.05) is 12.1 Å². The van der Waals surface area contributed by atoms with Crippen LogP contribution in [0.3, 0.4) is 0 Å².